The van der Waals surface area contributed by atoms with Gasteiger partial charge in [0.25, 0.3) is 0 Å². The Morgan fingerprint density at radius 3 is 2.52 bits per heavy atom. The molecule has 1 aliphatic heterocycles. The SMILES string of the molecule is c1cnc(NC2CCC(CCN3CCc4ccccc4C3)CC2)nc1. The van der Waals surface area contributed by atoms with Crippen molar-refractivity contribution in [2.75, 3.05) is 18.4 Å². The molecular weight excluding hydrogens is 308 g/mol. The Balaban J connectivity index is 1.19. The number of hydrogen-bond acceptors (Lipinski definition) is 4. The highest BCUT2D eigenvalue weighted by Crippen LogP contribution is 2.29. The fourth-order valence-electron chi connectivity index (χ4n) is 4.26. The smallest absolute Gasteiger partial charge is 0.222 e. The first-order valence-electron chi connectivity index (χ1n) is 9.69. The molecule has 4 rings (SSSR count). The summed E-state index contributed by atoms with van der Waals surface area (Å²) < 4.78 is 0. The monoisotopic (exact) mass is 336 g/mol. The lowest BCUT2D eigenvalue weighted by molar-refractivity contribution is 0.214. The van der Waals surface area contributed by atoms with Gasteiger partial charge in [0.05, 0.1) is 0 Å². The molecule has 1 aromatic carbocycles. The van der Waals surface area contributed by atoms with E-state index in [-0.39, 0.29) is 0 Å². The number of fused-ring (bicyclic) bond motifs is 1. The average Bonchev–Trinajstić information content (AvgIpc) is 2.68. The maximum Gasteiger partial charge on any atom is 0.222 e. The minimum atomic E-state index is 0.542. The molecule has 2 aliphatic rings. The third-order valence-electron chi connectivity index (χ3n) is 5.81. The molecule has 1 aromatic heterocycles. The lowest BCUT2D eigenvalue weighted by atomic mass is 9.84. The Hall–Kier alpha value is -1.94. The van der Waals surface area contributed by atoms with Crippen LogP contribution in [-0.4, -0.2) is 34.0 Å². The van der Waals surface area contributed by atoms with Crippen LogP contribution >= 0.6 is 0 Å². The van der Waals surface area contributed by atoms with Crippen molar-refractivity contribution in [1.29, 1.82) is 0 Å². The van der Waals surface area contributed by atoms with Crippen molar-refractivity contribution in [2.24, 2.45) is 5.92 Å². The maximum absolute atomic E-state index is 4.28. The molecule has 0 saturated heterocycles. The summed E-state index contributed by atoms with van der Waals surface area (Å²) in [4.78, 5) is 11.2. The van der Waals surface area contributed by atoms with Gasteiger partial charge in [-0.1, -0.05) is 24.3 Å². The van der Waals surface area contributed by atoms with Crippen LogP contribution in [0.25, 0.3) is 0 Å². The molecule has 0 bridgehead atoms. The minimum absolute atomic E-state index is 0.542. The number of aromatic nitrogens is 2. The van der Waals surface area contributed by atoms with Crippen LogP contribution in [0.3, 0.4) is 0 Å². The van der Waals surface area contributed by atoms with Crippen LogP contribution in [0.4, 0.5) is 5.95 Å². The molecule has 1 N–H and O–H groups in total. The van der Waals surface area contributed by atoms with Gasteiger partial charge in [0.15, 0.2) is 0 Å². The molecule has 4 heteroatoms. The van der Waals surface area contributed by atoms with Gasteiger partial charge in [-0.3, -0.25) is 4.90 Å². The Bertz CT molecular complexity index is 665. The molecule has 0 radical (unpaired) electrons. The van der Waals surface area contributed by atoms with E-state index in [0.29, 0.717) is 6.04 Å². The Morgan fingerprint density at radius 1 is 0.960 bits per heavy atom. The Labute approximate surface area is 150 Å². The number of nitrogens with zero attached hydrogens (tertiary/aromatic N) is 3. The standard InChI is InChI=1S/C21H28N4/c1-2-5-19-16-25(15-11-18(19)4-1)14-10-17-6-8-20(9-7-17)24-21-22-12-3-13-23-21/h1-5,12-13,17,20H,6-11,14-16H2,(H,22,23,24). The number of anilines is 1. The van der Waals surface area contributed by atoms with E-state index < -0.39 is 0 Å². The van der Waals surface area contributed by atoms with Gasteiger partial charge in [0.2, 0.25) is 5.95 Å². The number of nitrogens with one attached hydrogen (secondary N) is 1. The second-order valence-corrected chi connectivity index (χ2v) is 7.52. The van der Waals surface area contributed by atoms with Gasteiger partial charge in [-0.25, -0.2) is 9.97 Å². The quantitative estimate of drug-likeness (QED) is 0.899. The summed E-state index contributed by atoms with van der Waals surface area (Å²) in [6.45, 7) is 3.61. The van der Waals surface area contributed by atoms with Crippen LogP contribution in [0.5, 0.6) is 0 Å². The predicted octanol–water partition coefficient (Wildman–Crippen LogP) is 3.90. The van der Waals surface area contributed by atoms with Crippen LogP contribution in [0.2, 0.25) is 0 Å². The first kappa shape index (κ1) is 16.5. The highest BCUT2D eigenvalue weighted by molar-refractivity contribution is 5.29. The van der Waals surface area contributed by atoms with Gasteiger partial charge in [-0.15, -0.1) is 0 Å². The average molecular weight is 336 g/mol. The van der Waals surface area contributed by atoms with E-state index in [1.165, 1.54) is 57.2 Å². The molecule has 0 unspecified atom stereocenters. The van der Waals surface area contributed by atoms with E-state index in [9.17, 15) is 0 Å². The van der Waals surface area contributed by atoms with Crippen molar-refractivity contribution in [3.05, 3.63) is 53.9 Å². The first-order chi connectivity index (χ1) is 12.4. The van der Waals surface area contributed by atoms with E-state index >= 15 is 0 Å². The van der Waals surface area contributed by atoms with E-state index in [1.807, 2.05) is 6.07 Å². The zero-order valence-corrected chi connectivity index (χ0v) is 14.9. The normalized spacial score (nSPS) is 23.8. The van der Waals surface area contributed by atoms with Gasteiger partial charge in [0.1, 0.15) is 0 Å². The highest BCUT2D eigenvalue weighted by atomic mass is 15.1. The maximum atomic E-state index is 4.28. The summed E-state index contributed by atoms with van der Waals surface area (Å²) in [5.41, 5.74) is 3.08. The van der Waals surface area contributed by atoms with E-state index in [1.54, 1.807) is 18.0 Å². The van der Waals surface area contributed by atoms with E-state index in [0.717, 1.165) is 18.4 Å². The van der Waals surface area contributed by atoms with Crippen molar-refractivity contribution < 1.29 is 0 Å². The van der Waals surface area contributed by atoms with Crippen molar-refractivity contribution in [2.45, 2.75) is 51.1 Å². The Kier molecular flexibility index (Phi) is 5.26. The fourth-order valence-corrected chi connectivity index (χ4v) is 4.26. The summed E-state index contributed by atoms with van der Waals surface area (Å²) in [5, 5.41) is 3.49. The van der Waals surface area contributed by atoms with Crippen LogP contribution in [0.1, 0.15) is 43.2 Å². The molecule has 25 heavy (non-hydrogen) atoms. The number of rotatable bonds is 5. The Morgan fingerprint density at radius 2 is 1.72 bits per heavy atom. The van der Waals surface area contributed by atoms with Crippen molar-refractivity contribution in [1.82, 2.24) is 14.9 Å². The van der Waals surface area contributed by atoms with Crippen LogP contribution in [0.15, 0.2) is 42.7 Å². The lowest BCUT2D eigenvalue weighted by Crippen LogP contribution is -2.33. The zero-order chi connectivity index (χ0) is 16.9. The molecule has 0 amide bonds. The second kappa shape index (κ2) is 7.96. The summed E-state index contributed by atoms with van der Waals surface area (Å²) in [7, 11) is 0. The van der Waals surface area contributed by atoms with E-state index in [2.05, 4.69) is 44.5 Å². The van der Waals surface area contributed by atoms with Crippen LogP contribution in [-0.2, 0) is 13.0 Å². The largest absolute Gasteiger partial charge is 0.351 e. The molecule has 4 nitrogen and oxygen atoms in total. The van der Waals surface area contributed by atoms with Crippen molar-refractivity contribution >= 4 is 5.95 Å². The molecule has 132 valence electrons. The minimum Gasteiger partial charge on any atom is -0.351 e. The first-order valence-corrected chi connectivity index (χ1v) is 9.69. The van der Waals surface area contributed by atoms with Gasteiger partial charge < -0.3 is 5.32 Å². The third-order valence-corrected chi connectivity index (χ3v) is 5.81. The van der Waals surface area contributed by atoms with Gasteiger partial charge in [-0.2, -0.15) is 0 Å². The second-order valence-electron chi connectivity index (χ2n) is 7.52. The van der Waals surface area contributed by atoms with Gasteiger partial charge in [0, 0.05) is 31.5 Å². The van der Waals surface area contributed by atoms with Gasteiger partial charge >= 0.3 is 0 Å². The van der Waals surface area contributed by atoms with Gasteiger partial charge in [-0.05, 0) is 68.2 Å². The number of benzene rings is 1. The molecule has 0 atom stereocenters. The van der Waals surface area contributed by atoms with E-state index in [4.69, 9.17) is 0 Å². The third kappa shape index (κ3) is 4.37. The summed E-state index contributed by atoms with van der Waals surface area (Å²) in [6.07, 6.45) is 11.3. The molecule has 0 spiro atoms. The molecule has 1 aliphatic carbocycles. The topological polar surface area (TPSA) is 41.1 Å². The summed E-state index contributed by atoms with van der Waals surface area (Å²) in [6, 6.07) is 11.3. The fraction of sp³-hybridized carbons (Fsp3) is 0.524. The lowest BCUT2D eigenvalue weighted by Gasteiger charge is -2.32. The molecular formula is C21H28N4. The number of hydrogen-bond donors (Lipinski definition) is 1. The predicted molar refractivity (Wildman–Crippen MR) is 101 cm³/mol. The zero-order valence-electron chi connectivity index (χ0n) is 14.9. The van der Waals surface area contributed by atoms with Crippen molar-refractivity contribution in [3.63, 3.8) is 0 Å². The van der Waals surface area contributed by atoms with Crippen LogP contribution in [0, 0.1) is 5.92 Å². The van der Waals surface area contributed by atoms with Crippen LogP contribution < -0.4 is 5.32 Å². The molecule has 2 aromatic rings. The summed E-state index contributed by atoms with van der Waals surface area (Å²) in [5.74, 6) is 1.66. The van der Waals surface area contributed by atoms with Crippen molar-refractivity contribution in [3.8, 4) is 0 Å². The molecule has 2 heterocycles. The highest BCUT2D eigenvalue weighted by Gasteiger charge is 2.23. The molecule has 1 saturated carbocycles. The summed E-state index contributed by atoms with van der Waals surface area (Å²) >= 11 is 0. The molecule has 1 fully saturated rings.